The Kier molecular flexibility index (Phi) is 7.99. The van der Waals surface area contributed by atoms with Gasteiger partial charge in [-0.2, -0.15) is 9.30 Å². The van der Waals surface area contributed by atoms with Gasteiger partial charge in [-0.15, -0.1) is 0 Å². The Labute approximate surface area is 219 Å². The highest BCUT2D eigenvalue weighted by Gasteiger charge is 2.28. The molecular formula is C25H28ClN3O5S2. The van der Waals surface area contributed by atoms with Gasteiger partial charge in [0.05, 0.1) is 21.7 Å². The number of fused-ring (bicyclic) bond motifs is 1. The second-order valence-corrected chi connectivity index (χ2v) is 12.2. The molecule has 1 aliphatic heterocycles. The summed E-state index contributed by atoms with van der Waals surface area (Å²) in [5, 5.41) is 0.538. The molecule has 0 radical (unpaired) electrons. The van der Waals surface area contributed by atoms with Crippen molar-refractivity contribution in [3.05, 3.63) is 57.3 Å². The number of nitrogens with zero attached hydrogens (tertiary/aromatic N) is 3. The molecule has 1 aromatic heterocycles. The lowest BCUT2D eigenvalue weighted by Crippen LogP contribution is -2.37. The fourth-order valence-corrected chi connectivity index (χ4v) is 6.89. The molecule has 0 bridgehead atoms. The Bertz CT molecular complexity index is 1470. The van der Waals surface area contributed by atoms with Crippen LogP contribution in [0.25, 0.3) is 10.2 Å². The molecule has 4 rings (SSSR count). The number of aryl methyl sites for hydroxylation is 1. The maximum absolute atomic E-state index is 13.0. The lowest BCUT2D eigenvalue weighted by molar-refractivity contribution is -0.143. The van der Waals surface area contributed by atoms with Gasteiger partial charge >= 0.3 is 5.97 Å². The first-order chi connectivity index (χ1) is 17.1. The molecule has 0 saturated carbocycles. The van der Waals surface area contributed by atoms with Gasteiger partial charge in [-0.3, -0.25) is 9.59 Å². The fourth-order valence-electron chi connectivity index (χ4n) is 4.18. The van der Waals surface area contributed by atoms with Crippen LogP contribution in [0, 0.1) is 12.8 Å². The number of benzene rings is 2. The van der Waals surface area contributed by atoms with Crippen LogP contribution in [0.15, 0.2) is 46.3 Å². The van der Waals surface area contributed by atoms with Crippen molar-refractivity contribution in [3.63, 3.8) is 0 Å². The van der Waals surface area contributed by atoms with Gasteiger partial charge in [-0.05, 0) is 74.6 Å². The molecule has 2 aromatic carbocycles. The molecule has 0 unspecified atom stereocenters. The maximum atomic E-state index is 13.0. The number of carbonyl (C=O) groups is 2. The van der Waals surface area contributed by atoms with E-state index in [4.69, 9.17) is 16.3 Å². The number of ether oxygens (including phenoxy) is 1. The fraction of sp³-hybridized carbons (Fsp3) is 0.400. The Morgan fingerprint density at radius 1 is 1.14 bits per heavy atom. The first kappa shape index (κ1) is 26.5. The minimum absolute atomic E-state index is 0.118. The second-order valence-electron chi connectivity index (χ2n) is 8.82. The Balaban J connectivity index is 1.67. The predicted molar refractivity (Wildman–Crippen MR) is 140 cm³/mol. The molecule has 1 aliphatic rings. The molecule has 0 spiro atoms. The van der Waals surface area contributed by atoms with Gasteiger partial charge in [-0.25, -0.2) is 8.42 Å². The average Bonchev–Trinajstić information content (AvgIpc) is 3.19. The van der Waals surface area contributed by atoms with E-state index in [2.05, 4.69) is 11.9 Å². The third kappa shape index (κ3) is 5.41. The Morgan fingerprint density at radius 3 is 2.44 bits per heavy atom. The van der Waals surface area contributed by atoms with Crippen LogP contribution in [0.5, 0.6) is 0 Å². The van der Waals surface area contributed by atoms with E-state index in [9.17, 15) is 18.0 Å². The zero-order valence-corrected chi connectivity index (χ0v) is 22.8. The summed E-state index contributed by atoms with van der Waals surface area (Å²) in [6.07, 6.45) is 1.67. The van der Waals surface area contributed by atoms with E-state index in [0.717, 1.165) is 23.1 Å². The molecule has 8 nitrogen and oxygen atoms in total. The summed E-state index contributed by atoms with van der Waals surface area (Å²) in [5.41, 5.74) is 1.73. The van der Waals surface area contributed by atoms with Crippen LogP contribution in [0.3, 0.4) is 0 Å². The van der Waals surface area contributed by atoms with Gasteiger partial charge in [0.1, 0.15) is 6.54 Å². The van der Waals surface area contributed by atoms with Crippen molar-refractivity contribution in [2.24, 2.45) is 10.9 Å². The summed E-state index contributed by atoms with van der Waals surface area (Å²) in [6, 6.07) is 9.40. The van der Waals surface area contributed by atoms with E-state index < -0.39 is 21.9 Å². The smallest absolute Gasteiger partial charge is 0.326 e. The molecule has 11 heteroatoms. The van der Waals surface area contributed by atoms with Crippen molar-refractivity contribution in [3.8, 4) is 0 Å². The molecule has 3 aromatic rings. The molecular weight excluding hydrogens is 522 g/mol. The third-order valence-corrected chi connectivity index (χ3v) is 9.67. The van der Waals surface area contributed by atoms with Crippen molar-refractivity contribution in [1.82, 2.24) is 8.87 Å². The summed E-state index contributed by atoms with van der Waals surface area (Å²) >= 11 is 7.57. The number of halogens is 1. The van der Waals surface area contributed by atoms with Gasteiger partial charge in [0.15, 0.2) is 4.80 Å². The molecule has 0 aliphatic carbocycles. The Morgan fingerprint density at radius 2 is 1.81 bits per heavy atom. The van der Waals surface area contributed by atoms with Crippen molar-refractivity contribution in [2.75, 3.05) is 19.7 Å². The quantitative estimate of drug-likeness (QED) is 0.425. The normalized spacial score (nSPS) is 15.9. The number of sulfonamides is 1. The topological polar surface area (TPSA) is 98.0 Å². The van der Waals surface area contributed by atoms with Gasteiger partial charge in [0, 0.05) is 23.7 Å². The largest absolute Gasteiger partial charge is 0.465 e. The summed E-state index contributed by atoms with van der Waals surface area (Å²) < 4.78 is 35.0. The first-order valence-electron chi connectivity index (χ1n) is 11.7. The van der Waals surface area contributed by atoms with E-state index in [1.54, 1.807) is 17.6 Å². The summed E-state index contributed by atoms with van der Waals surface area (Å²) in [4.78, 5) is 30.1. The highest BCUT2D eigenvalue weighted by molar-refractivity contribution is 7.89. The number of carbonyl (C=O) groups excluding carboxylic acids is 2. The van der Waals surface area contributed by atoms with Crippen LogP contribution < -0.4 is 4.80 Å². The number of rotatable bonds is 6. The predicted octanol–water partition coefficient (Wildman–Crippen LogP) is 4.39. The van der Waals surface area contributed by atoms with Gasteiger partial charge in [0.2, 0.25) is 10.0 Å². The lowest BCUT2D eigenvalue weighted by atomic mass is 10.0. The zero-order chi connectivity index (χ0) is 26.0. The molecule has 1 amide bonds. The molecule has 1 fully saturated rings. The average molecular weight is 550 g/mol. The standard InChI is InChI=1S/C25H28ClN3O5S2/c1-4-34-22(30)15-29-23-17(3)20(26)9-10-21(23)35-25(29)27-24(31)18-5-7-19(8-6-18)36(32,33)28-13-11-16(2)12-14-28/h5-10,16H,4,11-15H2,1-3H3. The van der Waals surface area contributed by atoms with Crippen molar-refractivity contribution in [1.29, 1.82) is 0 Å². The minimum atomic E-state index is -3.61. The highest BCUT2D eigenvalue weighted by atomic mass is 35.5. The van der Waals surface area contributed by atoms with Gasteiger partial charge < -0.3 is 9.30 Å². The monoisotopic (exact) mass is 549 g/mol. The number of hydrogen-bond donors (Lipinski definition) is 0. The van der Waals surface area contributed by atoms with Crippen molar-refractivity contribution < 1.29 is 22.7 Å². The maximum Gasteiger partial charge on any atom is 0.326 e. The first-order valence-corrected chi connectivity index (χ1v) is 14.4. The van der Waals surface area contributed by atoms with Gasteiger partial charge in [0.25, 0.3) is 5.91 Å². The third-order valence-electron chi connectivity index (χ3n) is 6.30. The summed E-state index contributed by atoms with van der Waals surface area (Å²) in [5.74, 6) is -0.482. The van der Waals surface area contributed by atoms with Crippen molar-refractivity contribution >= 4 is 55.1 Å². The molecule has 192 valence electrons. The molecule has 36 heavy (non-hydrogen) atoms. The zero-order valence-electron chi connectivity index (χ0n) is 20.4. The van der Waals surface area contributed by atoms with E-state index in [-0.39, 0.29) is 23.6 Å². The Hall–Kier alpha value is -2.53. The molecule has 2 heterocycles. The molecule has 0 N–H and O–H groups in total. The number of piperidine rings is 1. The minimum Gasteiger partial charge on any atom is -0.465 e. The van der Waals surface area contributed by atoms with Gasteiger partial charge in [-0.1, -0.05) is 29.9 Å². The van der Waals surface area contributed by atoms with E-state index >= 15 is 0 Å². The van der Waals surface area contributed by atoms with Crippen LogP contribution in [0.2, 0.25) is 5.02 Å². The van der Waals surface area contributed by atoms with Crippen LogP contribution in [0.4, 0.5) is 0 Å². The summed E-state index contributed by atoms with van der Waals surface area (Å²) in [6.45, 7) is 6.79. The number of thiazole rings is 1. The number of hydrogen-bond acceptors (Lipinski definition) is 6. The summed E-state index contributed by atoms with van der Waals surface area (Å²) in [7, 11) is -3.61. The second kappa shape index (κ2) is 10.8. The van der Waals surface area contributed by atoms with Crippen LogP contribution in [-0.4, -0.2) is 48.9 Å². The SMILES string of the molecule is CCOC(=O)Cn1c(=NC(=O)c2ccc(S(=O)(=O)N3CCC(C)CC3)cc2)sc2ccc(Cl)c(C)c21. The highest BCUT2D eigenvalue weighted by Crippen LogP contribution is 2.27. The van der Waals surface area contributed by atoms with E-state index in [1.807, 2.05) is 13.0 Å². The lowest BCUT2D eigenvalue weighted by Gasteiger charge is -2.29. The number of aromatic nitrogens is 1. The van der Waals surface area contributed by atoms with E-state index in [0.29, 0.717) is 34.3 Å². The van der Waals surface area contributed by atoms with Crippen LogP contribution >= 0.6 is 22.9 Å². The van der Waals surface area contributed by atoms with Crippen molar-refractivity contribution in [2.45, 2.75) is 45.1 Å². The van der Waals surface area contributed by atoms with Crippen LogP contribution in [-0.2, 0) is 26.1 Å². The number of esters is 1. The number of amides is 1. The molecule has 0 atom stereocenters. The van der Waals surface area contributed by atoms with Crippen LogP contribution in [0.1, 0.15) is 42.6 Å². The molecule has 1 saturated heterocycles. The van der Waals surface area contributed by atoms with E-state index in [1.165, 1.54) is 39.9 Å².